The van der Waals surface area contributed by atoms with Gasteiger partial charge in [-0.05, 0) is 41.5 Å². The molecule has 0 amide bonds. The van der Waals surface area contributed by atoms with Gasteiger partial charge in [-0.1, -0.05) is 0 Å². The Morgan fingerprint density at radius 3 is 1.76 bits per heavy atom. The van der Waals surface area contributed by atoms with Gasteiger partial charge in [0, 0.05) is 0 Å². The first-order valence-corrected chi connectivity index (χ1v) is 6.52. The predicted octanol–water partition coefficient (Wildman–Crippen LogP) is 3.08. The second kappa shape index (κ2) is 11.3. The summed E-state index contributed by atoms with van der Waals surface area (Å²) in [7, 11) is 0. The normalized spacial score (nSPS) is 12.0. The Balaban J connectivity index is -0.00000103. The van der Waals surface area contributed by atoms with E-state index >= 15 is 0 Å². The van der Waals surface area contributed by atoms with Crippen LogP contribution in [0.5, 0.6) is 0 Å². The van der Waals surface area contributed by atoms with Crippen molar-refractivity contribution in [2.45, 2.75) is 66.1 Å². The molecule has 21 heavy (non-hydrogen) atoms. The Hall–Kier alpha value is -0.338. The minimum atomic E-state index is -1.03. The Kier molecular flexibility index (Phi) is 13.7. The van der Waals surface area contributed by atoms with Crippen molar-refractivity contribution in [3.8, 4) is 0 Å². The topological polar surface area (TPSA) is 76.5 Å². The molecule has 0 saturated carbocycles. The molecular weight excluding hydrogens is 496 g/mol. The molecule has 0 fully saturated rings. The first kappa shape index (κ1) is 25.6. The molecule has 0 aromatic rings. The van der Waals surface area contributed by atoms with Gasteiger partial charge in [0.1, 0.15) is 17.1 Å². The van der Waals surface area contributed by atoms with Crippen molar-refractivity contribution in [1.29, 1.82) is 5.41 Å². The third-order valence-corrected chi connectivity index (χ3v) is 1.71. The number of esters is 1. The van der Waals surface area contributed by atoms with Crippen LogP contribution in [0.25, 0.3) is 0 Å². The van der Waals surface area contributed by atoms with Gasteiger partial charge in [-0.15, -0.1) is 6.42 Å². The molecule has 0 rings (SSSR count). The van der Waals surface area contributed by atoms with E-state index in [1.54, 1.807) is 54.8 Å². The van der Waals surface area contributed by atoms with Crippen LogP contribution < -0.4 is 0 Å². The molecule has 0 bridgehead atoms. The third kappa shape index (κ3) is 14.4. The number of nitrogens with one attached hydrogen (secondary N) is 1. The smallest absolute Gasteiger partial charge is 0.542 e. The van der Waals surface area contributed by atoms with Crippen molar-refractivity contribution >= 4 is 18.2 Å². The molecule has 0 heterocycles. The van der Waals surface area contributed by atoms with Crippen LogP contribution in [-0.4, -0.2) is 29.4 Å². The Bertz CT molecular complexity index is 302. The van der Waals surface area contributed by atoms with E-state index in [9.17, 15) is 9.59 Å². The van der Waals surface area contributed by atoms with Gasteiger partial charge in [-0.2, -0.15) is 6.92 Å². The average Bonchev–Trinajstić information content (AvgIpc) is 2.23. The van der Waals surface area contributed by atoms with Gasteiger partial charge < -0.3 is 21.2 Å². The van der Waals surface area contributed by atoms with E-state index in [1.165, 1.54) is 0 Å². The van der Waals surface area contributed by atoms with Crippen molar-refractivity contribution in [2.24, 2.45) is 5.92 Å². The van der Waals surface area contributed by atoms with E-state index < -0.39 is 23.1 Å². The number of hydrogen-bond donors (Lipinski definition) is 1. The minimum Gasteiger partial charge on any atom is -0.542 e. The van der Waals surface area contributed by atoms with Crippen molar-refractivity contribution < 1.29 is 50.2 Å². The molecule has 0 aliphatic carbocycles. The van der Waals surface area contributed by atoms with Crippen LogP contribution in [0.4, 0.5) is 0 Å². The molecule has 0 aromatic carbocycles. The fourth-order valence-corrected chi connectivity index (χ4v) is 1.14. The molecule has 1 atom stereocenters. The van der Waals surface area contributed by atoms with Crippen LogP contribution in [0.15, 0.2) is 0 Å². The van der Waals surface area contributed by atoms with Gasteiger partial charge >= 0.3 is 37.1 Å². The maximum absolute atomic E-state index is 11.9. The summed E-state index contributed by atoms with van der Waals surface area (Å²) in [6.45, 7) is 15.5. The van der Waals surface area contributed by atoms with Crippen LogP contribution in [0.2, 0.25) is 0 Å². The number of ether oxygens (including phenoxy) is 2. The zero-order valence-corrected chi connectivity index (χ0v) is 18.3. The van der Waals surface area contributed by atoms with Gasteiger partial charge in [0.15, 0.2) is 5.90 Å². The molecule has 120 valence electrons. The quantitative estimate of drug-likeness (QED) is 0.266. The number of carbonyl (C=O) groups is 1. The number of rotatable bonds is 4. The van der Waals surface area contributed by atoms with E-state index in [1.807, 2.05) is 0 Å². The van der Waals surface area contributed by atoms with E-state index in [0.29, 0.717) is 0 Å². The molecule has 0 aliphatic heterocycles. The van der Waals surface area contributed by atoms with Crippen LogP contribution in [-0.2, 0) is 19.1 Å². The fraction of sp³-hybridized carbons (Fsp3) is 0.733. The summed E-state index contributed by atoms with van der Waals surface area (Å²) >= 11 is 0. The molecule has 1 N–H and O–H groups in total. The zero-order chi connectivity index (χ0) is 16.6. The summed E-state index contributed by atoms with van der Waals surface area (Å²) in [4.78, 5) is 22.3. The molecule has 5 nitrogen and oxygen atoms in total. The molecule has 0 aromatic heterocycles. The molecular formula is C15H27NO4U. The van der Waals surface area contributed by atoms with Gasteiger partial charge in [-0.3, -0.25) is 16.5 Å². The summed E-state index contributed by atoms with van der Waals surface area (Å²) in [5.41, 5.74) is -1.26. The zero-order valence-electron chi connectivity index (χ0n) is 14.1. The van der Waals surface area contributed by atoms with Crippen molar-refractivity contribution in [3.05, 3.63) is 6.92 Å². The van der Waals surface area contributed by atoms with Crippen molar-refractivity contribution in [3.63, 3.8) is 0 Å². The van der Waals surface area contributed by atoms with Crippen LogP contribution in [0.1, 0.15) is 54.9 Å². The second-order valence-corrected chi connectivity index (χ2v) is 6.01. The maximum atomic E-state index is 11.9. The molecule has 0 aliphatic rings. The standard InChI is InChI=1S/C13H22NO4.C2H5.U/c1-12(2,3)17-10(14)9(7-8-15)11(16)18-13(4,5)6;1-2;/h9,14H,7H2,1-6H3;1H2,2H3;/q2*-1;+2. The van der Waals surface area contributed by atoms with Crippen LogP contribution >= 0.6 is 0 Å². The molecule has 0 radical (unpaired) electrons. The Morgan fingerprint density at radius 2 is 1.48 bits per heavy atom. The molecule has 1 unspecified atom stereocenters. The van der Waals surface area contributed by atoms with E-state index in [0.717, 1.165) is 0 Å². The van der Waals surface area contributed by atoms with E-state index in [4.69, 9.17) is 14.9 Å². The number of hydrogen-bond acceptors (Lipinski definition) is 5. The maximum Gasteiger partial charge on any atom is 2.00 e. The molecule has 6 heteroatoms. The van der Waals surface area contributed by atoms with Gasteiger partial charge in [-0.25, -0.2) is 0 Å². The summed E-state index contributed by atoms with van der Waals surface area (Å²) in [5, 5.41) is 7.74. The summed E-state index contributed by atoms with van der Waals surface area (Å²) < 4.78 is 10.4. The van der Waals surface area contributed by atoms with Crippen molar-refractivity contribution in [1.82, 2.24) is 0 Å². The Labute approximate surface area is 152 Å². The predicted molar refractivity (Wildman–Crippen MR) is 79.2 cm³/mol. The molecule has 0 saturated heterocycles. The SMILES string of the molecule is CC(C)(C)OC(=N)C(C[C-]=O)C(=O)OC(C)(C)C.[CH2-]C.[U+2]. The second-order valence-electron chi connectivity index (χ2n) is 6.01. The largest absolute Gasteiger partial charge is 2.00 e. The summed E-state index contributed by atoms with van der Waals surface area (Å²) in [6.07, 6.45) is 1.40. The molecule has 0 spiro atoms. The first-order valence-electron chi connectivity index (χ1n) is 6.52. The monoisotopic (exact) mass is 523 g/mol. The van der Waals surface area contributed by atoms with E-state index in [2.05, 4.69) is 6.92 Å². The Morgan fingerprint density at radius 1 is 1.10 bits per heavy atom. The van der Waals surface area contributed by atoms with Gasteiger partial charge in [0.05, 0.1) is 0 Å². The third-order valence-electron chi connectivity index (χ3n) is 1.71. The summed E-state index contributed by atoms with van der Waals surface area (Å²) in [6, 6.07) is 0. The number of carbonyl (C=O) groups excluding carboxylic acids is 2. The van der Waals surface area contributed by atoms with Gasteiger partial charge in [0.25, 0.3) is 0 Å². The van der Waals surface area contributed by atoms with Gasteiger partial charge in [0.2, 0.25) is 0 Å². The van der Waals surface area contributed by atoms with E-state index in [-0.39, 0.29) is 43.4 Å². The van der Waals surface area contributed by atoms with Crippen molar-refractivity contribution in [2.75, 3.05) is 0 Å². The fourth-order valence-electron chi connectivity index (χ4n) is 1.14. The summed E-state index contributed by atoms with van der Waals surface area (Å²) in [5.74, 6) is -1.93. The minimum absolute atomic E-state index is 0. The first-order chi connectivity index (χ1) is 8.96. The van der Waals surface area contributed by atoms with Crippen LogP contribution in [0.3, 0.4) is 0 Å². The average molecular weight is 523 g/mol. The van der Waals surface area contributed by atoms with Crippen LogP contribution in [0, 0.1) is 49.4 Å².